The van der Waals surface area contributed by atoms with Gasteiger partial charge in [-0.05, 0) is 18.6 Å². The molecule has 0 amide bonds. The molecule has 0 saturated heterocycles. The number of benzene rings is 1. The fourth-order valence-electron chi connectivity index (χ4n) is 2.65. The number of fused-ring (bicyclic) bond motifs is 1. The molecule has 0 aliphatic rings. The molecule has 0 unspecified atom stereocenters. The van der Waals surface area contributed by atoms with Gasteiger partial charge in [0, 0.05) is 37.2 Å². The van der Waals surface area contributed by atoms with Gasteiger partial charge in [-0.3, -0.25) is 0 Å². The summed E-state index contributed by atoms with van der Waals surface area (Å²) in [4.78, 5) is 0. The van der Waals surface area contributed by atoms with Gasteiger partial charge in [-0.15, -0.1) is 10.2 Å². The van der Waals surface area contributed by atoms with Crippen molar-refractivity contribution in [2.75, 3.05) is 0 Å². The number of rotatable bonds is 4. The molecule has 0 spiro atoms. The molecule has 0 aliphatic carbocycles. The van der Waals surface area contributed by atoms with Crippen LogP contribution in [0.25, 0.3) is 10.9 Å². The number of aryl methyl sites for hydroxylation is 3. The van der Waals surface area contributed by atoms with E-state index in [2.05, 4.69) is 58.3 Å². The molecule has 3 rings (SSSR count). The normalized spacial score (nSPS) is 11.3. The zero-order valence-electron chi connectivity index (χ0n) is 12.1. The van der Waals surface area contributed by atoms with Crippen LogP contribution < -0.4 is 5.32 Å². The number of para-hydroxylation sites is 1. The summed E-state index contributed by atoms with van der Waals surface area (Å²) in [5.74, 6) is 0.946. The van der Waals surface area contributed by atoms with Gasteiger partial charge in [-0.25, -0.2) is 0 Å². The lowest BCUT2D eigenvalue weighted by Crippen LogP contribution is -2.18. The molecule has 3 aromatic rings. The van der Waals surface area contributed by atoms with Crippen molar-refractivity contribution in [3.05, 3.63) is 47.7 Å². The van der Waals surface area contributed by atoms with Gasteiger partial charge in [0.2, 0.25) is 0 Å². The molecule has 0 saturated carbocycles. The monoisotopic (exact) mass is 269 g/mol. The minimum absolute atomic E-state index is 0.720. The Labute approximate surface area is 118 Å². The quantitative estimate of drug-likeness (QED) is 0.787. The third-order valence-electron chi connectivity index (χ3n) is 3.89. The standard InChI is InChI=1S/C15H19N5/c1-11-12-6-4-5-7-13(12)20(3)14(11)8-16-9-15-18-17-10-19(15)2/h4-7,10,16H,8-9H2,1-3H3. The zero-order valence-corrected chi connectivity index (χ0v) is 12.1. The SMILES string of the molecule is Cc1c(CNCc2nncn2C)n(C)c2ccccc12. The van der Waals surface area contributed by atoms with Gasteiger partial charge in [0.1, 0.15) is 12.2 Å². The third-order valence-corrected chi connectivity index (χ3v) is 3.89. The van der Waals surface area contributed by atoms with Crippen LogP contribution in [0.2, 0.25) is 0 Å². The average molecular weight is 269 g/mol. The lowest BCUT2D eigenvalue weighted by atomic mass is 10.1. The van der Waals surface area contributed by atoms with E-state index in [-0.39, 0.29) is 0 Å². The molecule has 0 aliphatic heterocycles. The lowest BCUT2D eigenvalue weighted by Gasteiger charge is -2.07. The van der Waals surface area contributed by atoms with E-state index in [0.29, 0.717) is 0 Å². The van der Waals surface area contributed by atoms with Crippen molar-refractivity contribution in [2.24, 2.45) is 14.1 Å². The Bertz CT molecular complexity index is 699. The van der Waals surface area contributed by atoms with Crippen LogP contribution in [0, 0.1) is 6.92 Å². The van der Waals surface area contributed by atoms with Gasteiger partial charge in [0.25, 0.3) is 0 Å². The van der Waals surface area contributed by atoms with E-state index < -0.39 is 0 Å². The number of aromatic nitrogens is 4. The van der Waals surface area contributed by atoms with Gasteiger partial charge in [-0.1, -0.05) is 18.2 Å². The van der Waals surface area contributed by atoms with E-state index >= 15 is 0 Å². The highest BCUT2D eigenvalue weighted by Crippen LogP contribution is 2.24. The predicted octanol–water partition coefficient (Wildman–Crippen LogP) is 1.91. The smallest absolute Gasteiger partial charge is 0.146 e. The molecule has 1 aromatic carbocycles. The summed E-state index contributed by atoms with van der Waals surface area (Å²) in [5, 5.41) is 12.7. The molecule has 0 fully saturated rings. The number of nitrogens with one attached hydrogen (secondary N) is 1. The number of hydrogen-bond acceptors (Lipinski definition) is 3. The van der Waals surface area contributed by atoms with Gasteiger partial charge in [0.05, 0.1) is 6.54 Å². The molecule has 2 aromatic heterocycles. The second-order valence-corrected chi connectivity index (χ2v) is 5.11. The van der Waals surface area contributed by atoms with Crippen molar-refractivity contribution >= 4 is 10.9 Å². The van der Waals surface area contributed by atoms with Crippen molar-refractivity contribution in [3.63, 3.8) is 0 Å². The van der Waals surface area contributed by atoms with Crippen LogP contribution >= 0.6 is 0 Å². The first-order chi connectivity index (χ1) is 9.68. The first kappa shape index (κ1) is 12.9. The summed E-state index contributed by atoms with van der Waals surface area (Å²) in [6.07, 6.45) is 1.72. The zero-order chi connectivity index (χ0) is 14.1. The Kier molecular flexibility index (Phi) is 3.28. The Balaban J connectivity index is 1.79. The van der Waals surface area contributed by atoms with Crippen molar-refractivity contribution in [2.45, 2.75) is 20.0 Å². The second kappa shape index (κ2) is 5.09. The van der Waals surface area contributed by atoms with Crippen LogP contribution in [0.5, 0.6) is 0 Å². The highest BCUT2D eigenvalue weighted by atomic mass is 15.3. The first-order valence-corrected chi connectivity index (χ1v) is 6.75. The van der Waals surface area contributed by atoms with Crippen molar-refractivity contribution < 1.29 is 0 Å². The first-order valence-electron chi connectivity index (χ1n) is 6.75. The van der Waals surface area contributed by atoms with Crippen molar-refractivity contribution in [3.8, 4) is 0 Å². The third kappa shape index (κ3) is 2.10. The molecular weight excluding hydrogens is 250 g/mol. The van der Waals surface area contributed by atoms with E-state index in [1.807, 2.05) is 11.6 Å². The summed E-state index contributed by atoms with van der Waals surface area (Å²) in [6.45, 7) is 3.73. The van der Waals surface area contributed by atoms with Crippen LogP contribution in [0.3, 0.4) is 0 Å². The Morgan fingerprint density at radius 3 is 2.65 bits per heavy atom. The van der Waals surface area contributed by atoms with E-state index in [1.54, 1.807) is 6.33 Å². The molecular formula is C15H19N5. The van der Waals surface area contributed by atoms with Crippen molar-refractivity contribution in [1.82, 2.24) is 24.6 Å². The fraction of sp³-hybridized carbons (Fsp3) is 0.333. The Morgan fingerprint density at radius 1 is 1.15 bits per heavy atom. The maximum Gasteiger partial charge on any atom is 0.146 e. The summed E-state index contributed by atoms with van der Waals surface area (Å²) >= 11 is 0. The highest BCUT2D eigenvalue weighted by molar-refractivity contribution is 5.85. The van der Waals surface area contributed by atoms with E-state index in [4.69, 9.17) is 0 Å². The fourth-order valence-corrected chi connectivity index (χ4v) is 2.65. The van der Waals surface area contributed by atoms with E-state index in [1.165, 1.54) is 22.2 Å². The van der Waals surface area contributed by atoms with Crippen LogP contribution in [0.15, 0.2) is 30.6 Å². The van der Waals surface area contributed by atoms with Crippen LogP contribution in [0.4, 0.5) is 0 Å². The molecule has 5 nitrogen and oxygen atoms in total. The Morgan fingerprint density at radius 2 is 1.95 bits per heavy atom. The molecule has 2 heterocycles. The molecule has 20 heavy (non-hydrogen) atoms. The topological polar surface area (TPSA) is 47.7 Å². The van der Waals surface area contributed by atoms with Gasteiger partial charge < -0.3 is 14.5 Å². The highest BCUT2D eigenvalue weighted by Gasteiger charge is 2.10. The molecule has 1 N–H and O–H groups in total. The molecule has 0 bridgehead atoms. The second-order valence-electron chi connectivity index (χ2n) is 5.11. The number of nitrogens with zero attached hydrogens (tertiary/aromatic N) is 4. The maximum atomic E-state index is 4.08. The van der Waals surface area contributed by atoms with Gasteiger partial charge >= 0.3 is 0 Å². The predicted molar refractivity (Wildman–Crippen MR) is 79.2 cm³/mol. The van der Waals surface area contributed by atoms with Crippen LogP contribution in [-0.2, 0) is 27.2 Å². The van der Waals surface area contributed by atoms with E-state index in [0.717, 1.165) is 18.9 Å². The summed E-state index contributed by atoms with van der Waals surface area (Å²) in [7, 11) is 4.08. The van der Waals surface area contributed by atoms with Gasteiger partial charge in [0.15, 0.2) is 0 Å². The largest absolute Gasteiger partial charge is 0.346 e. The average Bonchev–Trinajstić information content (AvgIpc) is 2.97. The van der Waals surface area contributed by atoms with Crippen molar-refractivity contribution in [1.29, 1.82) is 0 Å². The minimum Gasteiger partial charge on any atom is -0.346 e. The van der Waals surface area contributed by atoms with E-state index in [9.17, 15) is 0 Å². The molecule has 104 valence electrons. The van der Waals surface area contributed by atoms with Crippen LogP contribution in [-0.4, -0.2) is 19.3 Å². The summed E-state index contributed by atoms with van der Waals surface area (Å²) in [5.41, 5.74) is 3.93. The molecule has 5 heteroatoms. The summed E-state index contributed by atoms with van der Waals surface area (Å²) < 4.78 is 4.19. The molecule has 0 radical (unpaired) electrons. The Hall–Kier alpha value is -2.14. The maximum absolute atomic E-state index is 4.08. The molecule has 0 atom stereocenters. The lowest BCUT2D eigenvalue weighted by molar-refractivity contribution is 0.615. The number of hydrogen-bond donors (Lipinski definition) is 1. The minimum atomic E-state index is 0.720. The van der Waals surface area contributed by atoms with Gasteiger partial charge in [-0.2, -0.15) is 0 Å². The summed E-state index contributed by atoms with van der Waals surface area (Å²) in [6, 6.07) is 8.51. The van der Waals surface area contributed by atoms with Crippen LogP contribution in [0.1, 0.15) is 17.1 Å².